The Morgan fingerprint density at radius 2 is 1.93 bits per heavy atom. The lowest BCUT2D eigenvalue weighted by Gasteiger charge is -2.26. The Hall–Kier alpha value is -1.22. The van der Waals surface area contributed by atoms with Crippen LogP contribution in [0.15, 0.2) is 23.2 Å². The Morgan fingerprint density at radius 3 is 2.50 bits per heavy atom. The van der Waals surface area contributed by atoms with Crippen molar-refractivity contribution in [2.45, 2.75) is 38.3 Å². The Kier molecular flexibility index (Phi) is 9.14. The van der Waals surface area contributed by atoms with Crippen molar-refractivity contribution in [1.82, 2.24) is 15.1 Å². The van der Waals surface area contributed by atoms with E-state index in [1.807, 2.05) is 25.2 Å². The van der Waals surface area contributed by atoms with Gasteiger partial charge < -0.3 is 19.7 Å². The van der Waals surface area contributed by atoms with E-state index < -0.39 is 0 Å². The molecule has 2 aliphatic carbocycles. The van der Waals surface area contributed by atoms with Crippen molar-refractivity contribution >= 4 is 29.9 Å². The number of rotatable bonds is 10. The van der Waals surface area contributed by atoms with Crippen LogP contribution in [0.5, 0.6) is 11.5 Å². The smallest absolute Gasteiger partial charge is 0.193 e. The van der Waals surface area contributed by atoms with Crippen molar-refractivity contribution < 1.29 is 9.47 Å². The Morgan fingerprint density at radius 1 is 1.18 bits per heavy atom. The first kappa shape index (κ1) is 23.1. The molecule has 0 spiro atoms. The molecular formula is C21H35IN4O2. The number of guanidine groups is 1. The monoisotopic (exact) mass is 502 g/mol. The molecule has 1 aromatic rings. The molecule has 0 atom stereocenters. The van der Waals surface area contributed by atoms with Crippen molar-refractivity contribution in [3.05, 3.63) is 23.8 Å². The summed E-state index contributed by atoms with van der Waals surface area (Å²) in [7, 11) is 7.26. The van der Waals surface area contributed by atoms with E-state index in [4.69, 9.17) is 9.47 Å². The van der Waals surface area contributed by atoms with Gasteiger partial charge in [0.1, 0.15) is 11.5 Å². The quantitative estimate of drug-likeness (QED) is 0.303. The number of hydrogen-bond donors (Lipinski definition) is 1. The molecule has 6 nitrogen and oxygen atoms in total. The molecular weight excluding hydrogens is 467 g/mol. The maximum Gasteiger partial charge on any atom is 0.193 e. The topological polar surface area (TPSA) is 49.3 Å². The minimum Gasteiger partial charge on any atom is -0.497 e. The summed E-state index contributed by atoms with van der Waals surface area (Å²) in [6, 6.07) is 6.76. The summed E-state index contributed by atoms with van der Waals surface area (Å²) in [6.07, 6.45) is 5.59. The van der Waals surface area contributed by atoms with Crippen LogP contribution in [-0.2, 0) is 6.54 Å². The molecule has 0 bridgehead atoms. The molecule has 158 valence electrons. The Bertz CT molecular complexity index is 647. The molecule has 2 aliphatic rings. The maximum atomic E-state index is 5.52. The van der Waals surface area contributed by atoms with Gasteiger partial charge in [-0.3, -0.25) is 9.89 Å². The fraction of sp³-hybridized carbons (Fsp3) is 0.667. The van der Waals surface area contributed by atoms with E-state index in [2.05, 4.69) is 27.2 Å². The van der Waals surface area contributed by atoms with Gasteiger partial charge in [-0.15, -0.1) is 24.0 Å². The minimum atomic E-state index is 0. The van der Waals surface area contributed by atoms with Gasteiger partial charge >= 0.3 is 0 Å². The fourth-order valence-corrected chi connectivity index (χ4v) is 3.50. The summed E-state index contributed by atoms with van der Waals surface area (Å²) in [4.78, 5) is 9.25. The van der Waals surface area contributed by atoms with E-state index in [9.17, 15) is 0 Å². The van der Waals surface area contributed by atoms with Crippen LogP contribution in [-0.4, -0.2) is 69.8 Å². The predicted molar refractivity (Wildman–Crippen MR) is 125 cm³/mol. The first-order chi connectivity index (χ1) is 13.1. The number of halogens is 1. The van der Waals surface area contributed by atoms with Crippen LogP contribution in [0.25, 0.3) is 0 Å². The maximum absolute atomic E-state index is 5.52. The molecule has 0 aliphatic heterocycles. The van der Waals surface area contributed by atoms with Crippen LogP contribution in [0.2, 0.25) is 0 Å². The molecule has 1 aromatic carbocycles. The molecule has 0 radical (unpaired) electrons. The molecule has 3 rings (SSSR count). The lowest BCUT2D eigenvalue weighted by molar-refractivity contribution is 0.255. The van der Waals surface area contributed by atoms with Gasteiger partial charge in [-0.25, -0.2) is 0 Å². The lowest BCUT2D eigenvalue weighted by Crippen LogP contribution is -2.43. The first-order valence-electron chi connectivity index (χ1n) is 10.0. The third-order valence-corrected chi connectivity index (χ3v) is 5.41. The molecule has 0 aromatic heterocycles. The molecule has 0 saturated heterocycles. The summed E-state index contributed by atoms with van der Waals surface area (Å²) in [6.45, 7) is 4.03. The van der Waals surface area contributed by atoms with Gasteiger partial charge in [-0.1, -0.05) is 0 Å². The van der Waals surface area contributed by atoms with E-state index in [0.717, 1.165) is 54.6 Å². The normalized spacial score (nSPS) is 16.5. The second-order valence-corrected chi connectivity index (χ2v) is 7.68. The molecule has 0 heterocycles. The van der Waals surface area contributed by atoms with Gasteiger partial charge in [0.25, 0.3) is 0 Å². The average Bonchev–Trinajstić information content (AvgIpc) is 3.58. The highest BCUT2D eigenvalue weighted by molar-refractivity contribution is 14.0. The van der Waals surface area contributed by atoms with E-state index >= 15 is 0 Å². The molecule has 0 amide bonds. The van der Waals surface area contributed by atoms with Crippen LogP contribution in [0.3, 0.4) is 0 Å². The van der Waals surface area contributed by atoms with Gasteiger partial charge in [0.2, 0.25) is 0 Å². The number of nitrogens with one attached hydrogen (secondary N) is 1. The number of ether oxygens (including phenoxy) is 2. The molecule has 0 unspecified atom stereocenters. The molecule has 28 heavy (non-hydrogen) atoms. The molecule has 2 fully saturated rings. The third-order valence-electron chi connectivity index (χ3n) is 5.41. The zero-order valence-electron chi connectivity index (χ0n) is 17.6. The fourth-order valence-electron chi connectivity index (χ4n) is 3.50. The second kappa shape index (κ2) is 11.1. The number of hydrogen-bond acceptors (Lipinski definition) is 4. The lowest BCUT2D eigenvalue weighted by atomic mass is 10.2. The van der Waals surface area contributed by atoms with Gasteiger partial charge in [0.15, 0.2) is 5.96 Å². The number of nitrogens with zero attached hydrogens (tertiary/aromatic N) is 3. The van der Waals surface area contributed by atoms with Crippen LogP contribution in [0, 0.1) is 5.92 Å². The number of aliphatic imine (C=N–C) groups is 1. The minimum absolute atomic E-state index is 0. The van der Waals surface area contributed by atoms with Gasteiger partial charge in [0.05, 0.1) is 14.2 Å². The van der Waals surface area contributed by atoms with Gasteiger partial charge in [0, 0.05) is 57.9 Å². The highest BCUT2D eigenvalue weighted by Gasteiger charge is 2.33. The van der Waals surface area contributed by atoms with Crippen molar-refractivity contribution in [2.75, 3.05) is 47.9 Å². The van der Waals surface area contributed by atoms with E-state index in [0.29, 0.717) is 0 Å². The Balaban J connectivity index is 0.00000280. The van der Waals surface area contributed by atoms with Crippen LogP contribution < -0.4 is 14.8 Å². The Labute approximate surface area is 186 Å². The summed E-state index contributed by atoms with van der Waals surface area (Å²) >= 11 is 0. The van der Waals surface area contributed by atoms with Crippen LogP contribution in [0.4, 0.5) is 0 Å². The zero-order chi connectivity index (χ0) is 19.2. The summed E-state index contributed by atoms with van der Waals surface area (Å²) in [5, 5.41) is 3.52. The van der Waals surface area contributed by atoms with Crippen LogP contribution in [0.1, 0.15) is 31.2 Å². The molecule has 7 heteroatoms. The highest BCUT2D eigenvalue weighted by atomic mass is 127. The first-order valence-corrected chi connectivity index (χ1v) is 10.0. The summed E-state index contributed by atoms with van der Waals surface area (Å²) in [5.74, 6) is 3.50. The average molecular weight is 502 g/mol. The van der Waals surface area contributed by atoms with Crippen LogP contribution >= 0.6 is 24.0 Å². The largest absolute Gasteiger partial charge is 0.497 e. The van der Waals surface area contributed by atoms with Crippen molar-refractivity contribution in [1.29, 1.82) is 0 Å². The number of methoxy groups -OCH3 is 2. The van der Waals surface area contributed by atoms with Gasteiger partial charge in [-0.05, 0) is 43.7 Å². The van der Waals surface area contributed by atoms with Crippen molar-refractivity contribution in [3.63, 3.8) is 0 Å². The summed E-state index contributed by atoms with van der Waals surface area (Å²) in [5.41, 5.74) is 1.11. The van der Waals surface area contributed by atoms with E-state index in [1.165, 1.54) is 32.2 Å². The third kappa shape index (κ3) is 6.69. The predicted octanol–water partition coefficient (Wildman–Crippen LogP) is 3.20. The number of benzene rings is 1. The molecule has 2 saturated carbocycles. The van der Waals surface area contributed by atoms with E-state index in [-0.39, 0.29) is 24.0 Å². The standard InChI is InChI=1S/C21H34N4O2.HI/c1-22-21(23-11-12-25(18-8-9-18)14-16-5-6-16)24(2)15-17-7-10-19(26-3)13-20(17)27-4;/h7,10,13,16,18H,5-6,8-9,11-12,14-15H2,1-4H3,(H,22,23);1H. The summed E-state index contributed by atoms with van der Waals surface area (Å²) < 4.78 is 10.8. The van der Waals surface area contributed by atoms with Crippen molar-refractivity contribution in [2.24, 2.45) is 10.9 Å². The van der Waals surface area contributed by atoms with Crippen molar-refractivity contribution in [3.8, 4) is 11.5 Å². The van der Waals surface area contributed by atoms with Gasteiger partial charge in [-0.2, -0.15) is 0 Å². The molecule has 1 N–H and O–H groups in total. The SMILES string of the molecule is CN=C(NCCN(CC1CC1)C1CC1)N(C)Cc1ccc(OC)cc1OC.I. The zero-order valence-corrected chi connectivity index (χ0v) is 19.9. The second-order valence-electron chi connectivity index (χ2n) is 7.68. The van der Waals surface area contributed by atoms with E-state index in [1.54, 1.807) is 14.2 Å². The highest BCUT2D eigenvalue weighted by Crippen LogP contribution is 2.34.